The van der Waals surface area contributed by atoms with Crippen LogP contribution < -0.4 is 5.73 Å². The molecular formula is C12H16N4. The van der Waals surface area contributed by atoms with Crippen molar-refractivity contribution in [2.75, 3.05) is 5.73 Å². The van der Waals surface area contributed by atoms with Crippen LogP contribution in [0.3, 0.4) is 0 Å². The van der Waals surface area contributed by atoms with Crippen molar-refractivity contribution in [3.05, 3.63) is 24.2 Å². The molecule has 4 heteroatoms. The van der Waals surface area contributed by atoms with Gasteiger partial charge < -0.3 is 5.73 Å². The Kier molecular flexibility index (Phi) is 2.27. The van der Waals surface area contributed by atoms with Gasteiger partial charge in [-0.2, -0.15) is 5.10 Å². The number of nitrogens with two attached hydrogens (primary N) is 1. The van der Waals surface area contributed by atoms with Crippen LogP contribution in [-0.4, -0.2) is 14.6 Å². The number of nitrogen functional groups attached to an aromatic ring is 1. The SMILES string of the molecule is Nc1cccn2nc(C3CCCCC3)nc12. The molecule has 0 bridgehead atoms. The Bertz CT molecular complexity index is 497. The first kappa shape index (κ1) is 9.63. The second-order valence-corrected chi connectivity index (χ2v) is 4.54. The van der Waals surface area contributed by atoms with Gasteiger partial charge in [-0.05, 0) is 25.0 Å². The van der Waals surface area contributed by atoms with Gasteiger partial charge in [0.25, 0.3) is 0 Å². The van der Waals surface area contributed by atoms with E-state index in [-0.39, 0.29) is 0 Å². The standard InChI is InChI=1S/C12H16N4/c13-10-7-4-8-16-12(10)14-11(15-16)9-5-2-1-3-6-9/h4,7-9H,1-3,5-6,13H2. The van der Waals surface area contributed by atoms with Gasteiger partial charge in [0.1, 0.15) is 0 Å². The first-order chi connectivity index (χ1) is 7.84. The van der Waals surface area contributed by atoms with Crippen molar-refractivity contribution in [3.63, 3.8) is 0 Å². The van der Waals surface area contributed by atoms with Crippen LogP contribution in [0.25, 0.3) is 5.65 Å². The second-order valence-electron chi connectivity index (χ2n) is 4.54. The van der Waals surface area contributed by atoms with E-state index in [0.717, 1.165) is 11.5 Å². The summed E-state index contributed by atoms with van der Waals surface area (Å²) in [6.07, 6.45) is 8.30. The molecule has 1 fully saturated rings. The lowest BCUT2D eigenvalue weighted by Crippen LogP contribution is -2.06. The van der Waals surface area contributed by atoms with E-state index in [0.29, 0.717) is 11.6 Å². The van der Waals surface area contributed by atoms with Crippen molar-refractivity contribution in [3.8, 4) is 0 Å². The summed E-state index contributed by atoms with van der Waals surface area (Å²) < 4.78 is 1.79. The Morgan fingerprint density at radius 2 is 2.06 bits per heavy atom. The largest absolute Gasteiger partial charge is 0.396 e. The molecule has 0 atom stereocenters. The highest BCUT2D eigenvalue weighted by molar-refractivity contribution is 5.63. The molecule has 2 aromatic rings. The Labute approximate surface area is 94.5 Å². The predicted molar refractivity (Wildman–Crippen MR) is 63.2 cm³/mol. The third-order valence-electron chi connectivity index (χ3n) is 3.38. The molecular weight excluding hydrogens is 200 g/mol. The summed E-state index contributed by atoms with van der Waals surface area (Å²) >= 11 is 0. The van der Waals surface area contributed by atoms with Crippen molar-refractivity contribution in [1.29, 1.82) is 0 Å². The third-order valence-corrected chi connectivity index (χ3v) is 3.38. The lowest BCUT2D eigenvalue weighted by Gasteiger charge is -2.17. The van der Waals surface area contributed by atoms with Gasteiger partial charge in [-0.15, -0.1) is 0 Å². The smallest absolute Gasteiger partial charge is 0.178 e. The lowest BCUT2D eigenvalue weighted by atomic mass is 9.89. The molecule has 2 aromatic heterocycles. The highest BCUT2D eigenvalue weighted by atomic mass is 15.3. The number of nitrogens with zero attached hydrogens (tertiary/aromatic N) is 3. The minimum absolute atomic E-state index is 0.535. The molecule has 0 radical (unpaired) electrons. The van der Waals surface area contributed by atoms with Crippen LogP contribution in [0.2, 0.25) is 0 Å². The van der Waals surface area contributed by atoms with E-state index in [4.69, 9.17) is 5.73 Å². The Morgan fingerprint density at radius 3 is 2.81 bits per heavy atom. The van der Waals surface area contributed by atoms with Gasteiger partial charge in [0.2, 0.25) is 0 Å². The maximum atomic E-state index is 5.88. The van der Waals surface area contributed by atoms with E-state index in [1.165, 1.54) is 32.1 Å². The molecule has 0 aliphatic heterocycles. The summed E-state index contributed by atoms with van der Waals surface area (Å²) in [5.41, 5.74) is 7.38. The Balaban J connectivity index is 2.01. The molecule has 16 heavy (non-hydrogen) atoms. The summed E-state index contributed by atoms with van der Waals surface area (Å²) in [4.78, 5) is 4.56. The number of anilines is 1. The van der Waals surface area contributed by atoms with Crippen molar-refractivity contribution < 1.29 is 0 Å². The van der Waals surface area contributed by atoms with Gasteiger partial charge in [0.05, 0.1) is 5.69 Å². The molecule has 84 valence electrons. The molecule has 1 aliphatic rings. The van der Waals surface area contributed by atoms with Crippen molar-refractivity contribution in [1.82, 2.24) is 14.6 Å². The topological polar surface area (TPSA) is 56.2 Å². The fourth-order valence-corrected chi connectivity index (χ4v) is 2.48. The van der Waals surface area contributed by atoms with Gasteiger partial charge in [0.15, 0.2) is 11.5 Å². The zero-order valence-electron chi connectivity index (χ0n) is 9.26. The number of fused-ring (bicyclic) bond motifs is 1. The average Bonchev–Trinajstić information content (AvgIpc) is 2.76. The minimum atomic E-state index is 0.535. The van der Waals surface area contributed by atoms with Gasteiger partial charge in [-0.25, -0.2) is 9.50 Å². The first-order valence-corrected chi connectivity index (χ1v) is 5.95. The van der Waals surface area contributed by atoms with Gasteiger partial charge in [-0.1, -0.05) is 19.3 Å². The van der Waals surface area contributed by atoms with E-state index in [1.807, 2.05) is 18.3 Å². The molecule has 2 heterocycles. The number of rotatable bonds is 1. The Hall–Kier alpha value is -1.58. The summed E-state index contributed by atoms with van der Waals surface area (Å²) in [5.74, 6) is 1.51. The van der Waals surface area contributed by atoms with Crippen LogP contribution in [0.4, 0.5) is 5.69 Å². The molecule has 0 saturated heterocycles. The monoisotopic (exact) mass is 216 g/mol. The molecule has 4 nitrogen and oxygen atoms in total. The van der Waals surface area contributed by atoms with Crippen molar-refractivity contribution in [2.24, 2.45) is 0 Å². The maximum absolute atomic E-state index is 5.88. The summed E-state index contributed by atoms with van der Waals surface area (Å²) in [7, 11) is 0. The number of hydrogen-bond acceptors (Lipinski definition) is 3. The number of aromatic nitrogens is 3. The van der Waals surface area contributed by atoms with Crippen LogP contribution in [0, 0.1) is 0 Å². The van der Waals surface area contributed by atoms with Crippen molar-refractivity contribution in [2.45, 2.75) is 38.0 Å². The minimum Gasteiger partial charge on any atom is -0.396 e. The third kappa shape index (κ3) is 1.54. The van der Waals surface area contributed by atoms with Gasteiger partial charge in [-0.3, -0.25) is 0 Å². The maximum Gasteiger partial charge on any atom is 0.178 e. The zero-order chi connectivity index (χ0) is 11.0. The summed E-state index contributed by atoms with van der Waals surface area (Å²) in [6, 6.07) is 3.77. The molecule has 0 aromatic carbocycles. The van der Waals surface area contributed by atoms with Crippen LogP contribution in [0.15, 0.2) is 18.3 Å². The fourth-order valence-electron chi connectivity index (χ4n) is 2.48. The molecule has 3 rings (SSSR count). The summed E-state index contributed by atoms with van der Waals surface area (Å²) in [5, 5.41) is 4.52. The van der Waals surface area contributed by atoms with E-state index < -0.39 is 0 Å². The van der Waals surface area contributed by atoms with E-state index in [2.05, 4.69) is 10.1 Å². The van der Waals surface area contributed by atoms with Crippen molar-refractivity contribution >= 4 is 11.3 Å². The van der Waals surface area contributed by atoms with E-state index >= 15 is 0 Å². The normalized spacial score (nSPS) is 18.0. The molecule has 1 aliphatic carbocycles. The van der Waals surface area contributed by atoms with Crippen LogP contribution in [-0.2, 0) is 0 Å². The Morgan fingerprint density at radius 1 is 1.25 bits per heavy atom. The van der Waals surface area contributed by atoms with E-state index in [1.54, 1.807) is 4.52 Å². The highest BCUT2D eigenvalue weighted by Crippen LogP contribution is 2.31. The molecule has 1 saturated carbocycles. The molecule has 2 N–H and O–H groups in total. The van der Waals surface area contributed by atoms with Gasteiger partial charge in [0, 0.05) is 12.1 Å². The highest BCUT2D eigenvalue weighted by Gasteiger charge is 2.20. The fraction of sp³-hybridized carbons (Fsp3) is 0.500. The second kappa shape index (κ2) is 3.77. The van der Waals surface area contributed by atoms with Gasteiger partial charge >= 0.3 is 0 Å². The van der Waals surface area contributed by atoms with E-state index in [9.17, 15) is 0 Å². The molecule has 0 amide bonds. The lowest BCUT2D eigenvalue weighted by molar-refractivity contribution is 0.429. The predicted octanol–water partition coefficient (Wildman–Crippen LogP) is 2.36. The number of pyridine rings is 1. The zero-order valence-corrected chi connectivity index (χ0v) is 9.26. The first-order valence-electron chi connectivity index (χ1n) is 5.95. The molecule has 0 spiro atoms. The van der Waals surface area contributed by atoms with Crippen LogP contribution in [0.5, 0.6) is 0 Å². The average molecular weight is 216 g/mol. The number of hydrogen-bond donors (Lipinski definition) is 1. The quantitative estimate of drug-likeness (QED) is 0.796. The van der Waals surface area contributed by atoms with Crippen LogP contribution >= 0.6 is 0 Å². The van der Waals surface area contributed by atoms with Crippen LogP contribution in [0.1, 0.15) is 43.8 Å². The summed E-state index contributed by atoms with van der Waals surface area (Å²) in [6.45, 7) is 0. The molecule has 0 unspecified atom stereocenters.